The Kier molecular flexibility index (Phi) is 7.42. The molecule has 1 atom stereocenters. The molecule has 0 aromatic heterocycles. The second-order valence-corrected chi connectivity index (χ2v) is 9.01. The van der Waals surface area contributed by atoms with E-state index in [1.54, 1.807) is 7.11 Å². The van der Waals surface area contributed by atoms with E-state index in [4.69, 9.17) is 9.47 Å². The van der Waals surface area contributed by atoms with E-state index in [1.165, 1.54) is 23.5 Å². The van der Waals surface area contributed by atoms with Crippen molar-refractivity contribution in [2.75, 3.05) is 31.8 Å². The highest BCUT2D eigenvalue weighted by Gasteiger charge is 2.38. The maximum atomic E-state index is 5.89. The molecule has 1 aliphatic rings. The van der Waals surface area contributed by atoms with Crippen molar-refractivity contribution < 1.29 is 9.47 Å². The van der Waals surface area contributed by atoms with Crippen LogP contribution in [0.2, 0.25) is 0 Å². The summed E-state index contributed by atoms with van der Waals surface area (Å²) in [5.74, 6) is 2.43. The van der Waals surface area contributed by atoms with Gasteiger partial charge in [-0.15, -0.1) is 23.5 Å². The van der Waals surface area contributed by atoms with Gasteiger partial charge < -0.3 is 9.47 Å². The predicted molar refractivity (Wildman–Crippen MR) is 97.3 cm³/mol. The molecule has 2 nitrogen and oxygen atoms in total. The summed E-state index contributed by atoms with van der Waals surface area (Å²) in [6.45, 7) is 3.45. The summed E-state index contributed by atoms with van der Waals surface area (Å²) in [6.07, 6.45) is 2.43. The van der Waals surface area contributed by atoms with E-state index in [2.05, 4.69) is 70.6 Å². The Morgan fingerprint density at radius 3 is 2.48 bits per heavy atom. The van der Waals surface area contributed by atoms with Crippen LogP contribution in [0.5, 0.6) is 0 Å². The van der Waals surface area contributed by atoms with Crippen molar-refractivity contribution in [1.29, 1.82) is 0 Å². The van der Waals surface area contributed by atoms with Gasteiger partial charge in [-0.2, -0.15) is 0 Å². The quantitative estimate of drug-likeness (QED) is 0.657. The van der Waals surface area contributed by atoms with Gasteiger partial charge in [0.2, 0.25) is 0 Å². The van der Waals surface area contributed by atoms with Crippen molar-refractivity contribution in [3.63, 3.8) is 0 Å². The maximum Gasteiger partial charge on any atom is 0.0885 e. The first-order chi connectivity index (χ1) is 10.2. The molecule has 1 aliphatic heterocycles. The van der Waals surface area contributed by atoms with E-state index < -0.39 is 0 Å². The minimum atomic E-state index is 0.0946. The van der Waals surface area contributed by atoms with Gasteiger partial charge in [0.05, 0.1) is 16.8 Å². The minimum absolute atomic E-state index is 0.0946. The molecule has 2 rings (SSSR count). The fraction of sp³-hybridized carbons (Fsp3) is 0.625. The molecule has 5 heteroatoms. The topological polar surface area (TPSA) is 18.5 Å². The first kappa shape index (κ1) is 17.7. The molecule has 0 radical (unpaired) electrons. The zero-order valence-corrected chi connectivity index (χ0v) is 15.9. The molecule has 0 amide bonds. The average molecular weight is 391 g/mol. The van der Waals surface area contributed by atoms with Gasteiger partial charge in [-0.25, -0.2) is 0 Å². The van der Waals surface area contributed by atoms with E-state index in [-0.39, 0.29) is 10.2 Å². The van der Waals surface area contributed by atoms with Crippen molar-refractivity contribution in [3.8, 4) is 0 Å². The Morgan fingerprint density at radius 2 is 1.90 bits per heavy atom. The Hall–Kier alpha value is 0.320. The second kappa shape index (κ2) is 8.82. The lowest BCUT2D eigenvalue weighted by Crippen LogP contribution is -2.32. The fourth-order valence-corrected chi connectivity index (χ4v) is 6.30. The number of benzene rings is 1. The third-order valence-corrected chi connectivity index (χ3v) is 7.45. The summed E-state index contributed by atoms with van der Waals surface area (Å²) < 4.78 is 12.5. The van der Waals surface area contributed by atoms with E-state index in [0.29, 0.717) is 6.61 Å². The van der Waals surface area contributed by atoms with Crippen molar-refractivity contribution in [2.24, 2.45) is 0 Å². The van der Waals surface area contributed by atoms with Crippen LogP contribution in [-0.2, 0) is 13.6 Å². The second-order valence-electron chi connectivity index (χ2n) is 5.05. The molecule has 0 saturated carbocycles. The van der Waals surface area contributed by atoms with Crippen LogP contribution in [-0.4, -0.2) is 37.9 Å². The molecule has 1 heterocycles. The number of thioether (sulfide) groups is 2. The van der Waals surface area contributed by atoms with E-state index in [9.17, 15) is 0 Å². The lowest BCUT2D eigenvalue weighted by Gasteiger charge is -2.39. The summed E-state index contributed by atoms with van der Waals surface area (Å²) in [4.78, 5) is 0. The molecule has 0 aliphatic carbocycles. The zero-order chi connectivity index (χ0) is 15.1. The molecule has 0 spiro atoms. The monoisotopic (exact) mass is 390 g/mol. The van der Waals surface area contributed by atoms with Gasteiger partial charge in [-0.1, -0.05) is 28.1 Å². The van der Waals surface area contributed by atoms with Gasteiger partial charge in [-0.3, -0.25) is 0 Å². The van der Waals surface area contributed by atoms with Gasteiger partial charge in [0.25, 0.3) is 0 Å². The van der Waals surface area contributed by atoms with Gasteiger partial charge in [-0.05, 0) is 42.5 Å². The Balaban J connectivity index is 2.21. The first-order valence-electron chi connectivity index (χ1n) is 7.34. The molecule has 1 aromatic carbocycles. The molecule has 21 heavy (non-hydrogen) atoms. The number of hydrogen-bond donors (Lipinski definition) is 0. The third kappa shape index (κ3) is 4.90. The van der Waals surface area contributed by atoms with Crippen LogP contribution < -0.4 is 0 Å². The number of rotatable bonds is 7. The van der Waals surface area contributed by atoms with Crippen LogP contribution in [0.3, 0.4) is 0 Å². The van der Waals surface area contributed by atoms with Crippen molar-refractivity contribution >= 4 is 39.5 Å². The molecule has 0 N–H and O–H groups in total. The molecule has 1 aromatic rings. The first-order valence-corrected chi connectivity index (χ1v) is 10.1. The lowest BCUT2D eigenvalue weighted by molar-refractivity contribution is -0.00201. The molecule has 118 valence electrons. The van der Waals surface area contributed by atoms with Crippen LogP contribution in [0.25, 0.3) is 0 Å². The summed E-state index contributed by atoms with van der Waals surface area (Å²) in [5, 5.41) is 0. The smallest absolute Gasteiger partial charge is 0.0885 e. The van der Waals surface area contributed by atoms with Gasteiger partial charge in [0.15, 0.2) is 0 Å². The van der Waals surface area contributed by atoms with Gasteiger partial charge in [0, 0.05) is 24.6 Å². The largest absolute Gasteiger partial charge is 0.382 e. The van der Waals surface area contributed by atoms with E-state index in [1.807, 2.05) is 0 Å². The predicted octanol–water partition coefficient (Wildman–Crippen LogP) is 4.91. The Morgan fingerprint density at radius 1 is 1.24 bits per heavy atom. The standard InChI is InChI=1S/C16H23BrO2S2/c1-3-19-15(12-18-2)11-16(20-9-4-10-21-16)13-5-7-14(17)8-6-13/h5-8,15H,3-4,9-12H2,1-2H3. The Bertz CT molecular complexity index is 413. The van der Waals surface area contributed by atoms with Crippen LogP contribution in [0.4, 0.5) is 0 Å². The molecule has 1 saturated heterocycles. The average Bonchev–Trinajstić information content (AvgIpc) is 2.49. The summed E-state index contributed by atoms with van der Waals surface area (Å²) in [7, 11) is 1.75. The summed E-state index contributed by atoms with van der Waals surface area (Å²) >= 11 is 7.65. The van der Waals surface area contributed by atoms with Crippen LogP contribution in [0.15, 0.2) is 28.7 Å². The molecule has 0 bridgehead atoms. The van der Waals surface area contributed by atoms with Crippen LogP contribution in [0.1, 0.15) is 25.3 Å². The van der Waals surface area contributed by atoms with E-state index >= 15 is 0 Å². The maximum absolute atomic E-state index is 5.89. The summed E-state index contributed by atoms with van der Waals surface area (Å²) in [6, 6.07) is 8.76. The van der Waals surface area contributed by atoms with Crippen LogP contribution >= 0.6 is 39.5 Å². The highest BCUT2D eigenvalue weighted by atomic mass is 79.9. The summed E-state index contributed by atoms with van der Waals surface area (Å²) in [5.41, 5.74) is 1.39. The zero-order valence-electron chi connectivity index (χ0n) is 12.6. The number of hydrogen-bond acceptors (Lipinski definition) is 4. The highest BCUT2D eigenvalue weighted by molar-refractivity contribution is 9.10. The molecule has 1 fully saturated rings. The number of methoxy groups -OCH3 is 1. The van der Waals surface area contributed by atoms with E-state index in [0.717, 1.165) is 17.5 Å². The van der Waals surface area contributed by atoms with Gasteiger partial charge >= 0.3 is 0 Å². The molecular weight excluding hydrogens is 368 g/mol. The van der Waals surface area contributed by atoms with Crippen molar-refractivity contribution in [1.82, 2.24) is 0 Å². The highest BCUT2D eigenvalue weighted by Crippen LogP contribution is 2.53. The fourth-order valence-electron chi connectivity index (χ4n) is 2.57. The SMILES string of the molecule is CCOC(COC)CC1(c2ccc(Br)cc2)SCCCS1. The number of ether oxygens (including phenoxy) is 2. The molecular formula is C16H23BrO2S2. The normalized spacial score (nSPS) is 19.4. The van der Waals surface area contributed by atoms with Crippen molar-refractivity contribution in [3.05, 3.63) is 34.3 Å². The van der Waals surface area contributed by atoms with Gasteiger partial charge in [0.1, 0.15) is 0 Å². The lowest BCUT2D eigenvalue weighted by atomic mass is 10.1. The minimum Gasteiger partial charge on any atom is -0.382 e. The van der Waals surface area contributed by atoms with Crippen LogP contribution in [0, 0.1) is 0 Å². The Labute approximate surface area is 144 Å². The molecule has 1 unspecified atom stereocenters. The third-order valence-electron chi connectivity index (χ3n) is 3.49. The number of halogens is 1. The van der Waals surface area contributed by atoms with Crippen molar-refractivity contribution in [2.45, 2.75) is 29.9 Å².